The Morgan fingerprint density at radius 3 is 2.54 bits per heavy atom. The molecule has 0 aromatic rings. The lowest BCUT2D eigenvalue weighted by molar-refractivity contribution is -0.287. The summed E-state index contributed by atoms with van der Waals surface area (Å²) in [7, 11) is 1.57. The molecule has 2 aliphatic heterocycles. The lowest BCUT2D eigenvalue weighted by Gasteiger charge is -2.65. The molecule has 0 radical (unpaired) electrons. The van der Waals surface area contributed by atoms with E-state index in [1.54, 1.807) is 20.1 Å². The summed E-state index contributed by atoms with van der Waals surface area (Å²) in [6, 6.07) is 0. The van der Waals surface area contributed by atoms with Crippen LogP contribution in [-0.4, -0.2) is 83.2 Å². The molecular weight excluding hydrogens is 504 g/mol. The first-order valence-electron chi connectivity index (χ1n) is 14.8. The second kappa shape index (κ2) is 9.60. The standard InChI is InChI=1S/C30H44O9/c1-17-26(33)23(36-3)13-25(38-17)39-19-4-9-28(16-31)21-5-8-27(2)20(18-12-24(32)37-15-18)7-11-30(27,35)22(21)6-10-29(28,34)14-19/h12,16-17,19-23,25-26,33-35H,4-11,13-15H2,1-3H3/t17-,19+,20+,21-,22-,23+,25+,26-,27-,28+,29+,30+/m1/s1. The van der Waals surface area contributed by atoms with E-state index in [2.05, 4.69) is 6.92 Å². The summed E-state index contributed by atoms with van der Waals surface area (Å²) in [5.74, 6) is -0.420. The number of carbonyl (C=O) groups excluding carboxylic acids is 2. The molecule has 218 valence electrons. The minimum Gasteiger partial charge on any atom is -0.458 e. The number of esters is 1. The number of fused-ring (bicyclic) bond motifs is 5. The van der Waals surface area contributed by atoms with Crippen molar-refractivity contribution in [3.05, 3.63) is 11.6 Å². The molecule has 0 unspecified atom stereocenters. The Kier molecular flexibility index (Phi) is 6.84. The number of aliphatic hydroxyl groups is 3. The molecule has 3 N–H and O–H groups in total. The average molecular weight is 549 g/mol. The minimum atomic E-state index is -1.21. The number of ether oxygens (including phenoxy) is 4. The van der Waals surface area contributed by atoms with Crippen LogP contribution < -0.4 is 0 Å². The number of hydrogen-bond acceptors (Lipinski definition) is 9. The average Bonchev–Trinajstić information content (AvgIpc) is 3.45. The van der Waals surface area contributed by atoms with Crippen LogP contribution in [0.5, 0.6) is 0 Å². The lowest BCUT2D eigenvalue weighted by Crippen LogP contribution is -2.69. The fourth-order valence-electron chi connectivity index (χ4n) is 9.98. The molecule has 0 amide bonds. The molecule has 1 saturated heterocycles. The van der Waals surface area contributed by atoms with Crippen LogP contribution >= 0.6 is 0 Å². The molecule has 2 heterocycles. The second-order valence-corrected chi connectivity index (χ2v) is 13.5. The molecule has 39 heavy (non-hydrogen) atoms. The van der Waals surface area contributed by atoms with Crippen molar-refractivity contribution in [2.75, 3.05) is 13.7 Å². The van der Waals surface area contributed by atoms with Gasteiger partial charge in [-0.2, -0.15) is 0 Å². The summed E-state index contributed by atoms with van der Waals surface area (Å²) in [6.45, 7) is 4.25. The van der Waals surface area contributed by atoms with Crippen LogP contribution in [-0.2, 0) is 28.5 Å². The maximum Gasteiger partial charge on any atom is 0.331 e. The SMILES string of the molecule is CO[C@H]1C[C@H](O[C@H]2CC[C@]3(C=O)[C@@H]4CC[C@]5(C)[C@H](C6=CC(=O)OC6)CC[C@]5(O)[C@@H]4CC[C@]3(O)C2)O[C@H](C)[C@H]1O. The van der Waals surface area contributed by atoms with Gasteiger partial charge >= 0.3 is 5.97 Å². The van der Waals surface area contributed by atoms with Gasteiger partial charge in [0.15, 0.2) is 6.29 Å². The van der Waals surface area contributed by atoms with E-state index in [-0.39, 0.29) is 35.9 Å². The molecule has 6 aliphatic rings. The lowest BCUT2D eigenvalue weighted by atomic mass is 9.41. The Hall–Kier alpha value is -1.36. The third-order valence-electron chi connectivity index (χ3n) is 12.1. The Bertz CT molecular complexity index is 1030. The van der Waals surface area contributed by atoms with Gasteiger partial charge in [-0.1, -0.05) is 6.92 Å². The van der Waals surface area contributed by atoms with E-state index in [0.717, 1.165) is 31.1 Å². The number of aldehydes is 1. The van der Waals surface area contributed by atoms with Gasteiger partial charge in [0.25, 0.3) is 0 Å². The summed E-state index contributed by atoms with van der Waals surface area (Å²) in [5.41, 5.74) is -2.52. The summed E-state index contributed by atoms with van der Waals surface area (Å²) in [4.78, 5) is 24.8. The molecule has 4 aliphatic carbocycles. The molecule has 6 rings (SSSR count). The van der Waals surface area contributed by atoms with Gasteiger partial charge in [0.1, 0.15) is 19.0 Å². The molecule has 12 atom stereocenters. The van der Waals surface area contributed by atoms with Gasteiger partial charge in [-0.25, -0.2) is 4.79 Å². The Balaban J connectivity index is 1.21. The highest BCUT2D eigenvalue weighted by Gasteiger charge is 2.71. The van der Waals surface area contributed by atoms with Crippen molar-refractivity contribution in [1.82, 2.24) is 0 Å². The van der Waals surface area contributed by atoms with E-state index in [1.807, 2.05) is 0 Å². The van der Waals surface area contributed by atoms with E-state index in [0.29, 0.717) is 51.6 Å². The molecule has 0 bridgehead atoms. The fraction of sp³-hybridized carbons (Fsp3) is 0.867. The first kappa shape index (κ1) is 27.8. The molecule has 0 aromatic carbocycles. The van der Waals surface area contributed by atoms with Crippen molar-refractivity contribution in [3.63, 3.8) is 0 Å². The van der Waals surface area contributed by atoms with Gasteiger partial charge in [-0.15, -0.1) is 0 Å². The Morgan fingerprint density at radius 2 is 1.85 bits per heavy atom. The van der Waals surface area contributed by atoms with Gasteiger partial charge in [-0.05, 0) is 81.6 Å². The van der Waals surface area contributed by atoms with Crippen LogP contribution in [0.15, 0.2) is 11.6 Å². The van der Waals surface area contributed by atoms with E-state index < -0.39 is 40.5 Å². The van der Waals surface area contributed by atoms with Crippen molar-refractivity contribution in [2.24, 2.45) is 28.6 Å². The van der Waals surface area contributed by atoms with Crippen LogP contribution in [0.4, 0.5) is 0 Å². The molecule has 9 heteroatoms. The zero-order valence-corrected chi connectivity index (χ0v) is 23.3. The van der Waals surface area contributed by atoms with E-state index in [1.165, 1.54) is 0 Å². The topological polar surface area (TPSA) is 132 Å². The normalized spacial score (nSPS) is 53.3. The molecule has 9 nitrogen and oxygen atoms in total. The van der Waals surface area contributed by atoms with Crippen LogP contribution in [0, 0.1) is 28.6 Å². The Labute approximate surface area is 230 Å². The molecule has 4 saturated carbocycles. The Morgan fingerprint density at radius 1 is 1.08 bits per heavy atom. The van der Waals surface area contributed by atoms with Crippen molar-refractivity contribution in [3.8, 4) is 0 Å². The van der Waals surface area contributed by atoms with Gasteiger partial charge in [0.2, 0.25) is 0 Å². The van der Waals surface area contributed by atoms with E-state index >= 15 is 0 Å². The fourth-order valence-corrected chi connectivity index (χ4v) is 9.98. The van der Waals surface area contributed by atoms with E-state index in [4.69, 9.17) is 18.9 Å². The summed E-state index contributed by atoms with van der Waals surface area (Å²) in [5, 5.41) is 34.8. The number of carbonyl (C=O) groups is 2. The van der Waals surface area contributed by atoms with Crippen LogP contribution in [0.1, 0.15) is 78.1 Å². The summed E-state index contributed by atoms with van der Waals surface area (Å²) >= 11 is 0. The third-order valence-corrected chi connectivity index (χ3v) is 12.1. The highest BCUT2D eigenvalue weighted by Crippen LogP contribution is 2.70. The molecular formula is C30H44O9. The molecule has 0 aromatic heterocycles. The van der Waals surface area contributed by atoms with Crippen molar-refractivity contribution < 1.29 is 43.9 Å². The van der Waals surface area contributed by atoms with Crippen LogP contribution in [0.3, 0.4) is 0 Å². The number of hydrogen-bond donors (Lipinski definition) is 3. The number of rotatable bonds is 5. The zero-order chi connectivity index (χ0) is 27.8. The summed E-state index contributed by atoms with van der Waals surface area (Å²) in [6.07, 6.45) is 6.10. The predicted molar refractivity (Wildman–Crippen MR) is 138 cm³/mol. The zero-order valence-electron chi connectivity index (χ0n) is 23.3. The quantitative estimate of drug-likeness (QED) is 0.269. The van der Waals surface area contributed by atoms with Crippen LogP contribution in [0.25, 0.3) is 0 Å². The van der Waals surface area contributed by atoms with Gasteiger partial charge in [0, 0.05) is 31.4 Å². The minimum absolute atomic E-state index is 0.0827. The first-order valence-corrected chi connectivity index (χ1v) is 14.8. The maximum atomic E-state index is 13.0. The van der Waals surface area contributed by atoms with Crippen molar-refractivity contribution in [2.45, 2.75) is 120 Å². The smallest absolute Gasteiger partial charge is 0.331 e. The van der Waals surface area contributed by atoms with Gasteiger partial charge in [0.05, 0.1) is 34.9 Å². The first-order chi connectivity index (χ1) is 18.5. The van der Waals surface area contributed by atoms with Crippen LogP contribution in [0.2, 0.25) is 0 Å². The van der Waals surface area contributed by atoms with Gasteiger partial charge in [-0.3, -0.25) is 0 Å². The van der Waals surface area contributed by atoms with Crippen molar-refractivity contribution in [1.29, 1.82) is 0 Å². The van der Waals surface area contributed by atoms with E-state index in [9.17, 15) is 24.9 Å². The predicted octanol–water partition coefficient (Wildman–Crippen LogP) is 2.43. The highest BCUT2D eigenvalue weighted by molar-refractivity contribution is 5.85. The van der Waals surface area contributed by atoms with Gasteiger partial charge < -0.3 is 39.1 Å². The molecule has 0 spiro atoms. The highest BCUT2D eigenvalue weighted by atomic mass is 16.7. The molecule has 5 fully saturated rings. The second-order valence-electron chi connectivity index (χ2n) is 13.5. The maximum absolute atomic E-state index is 13.0. The third kappa shape index (κ3) is 3.94. The monoisotopic (exact) mass is 548 g/mol. The largest absolute Gasteiger partial charge is 0.458 e. The number of methoxy groups -OCH3 is 1. The van der Waals surface area contributed by atoms with Crippen molar-refractivity contribution >= 4 is 12.3 Å². The number of cyclic esters (lactones) is 1. The number of aliphatic hydroxyl groups excluding tert-OH is 1. The summed E-state index contributed by atoms with van der Waals surface area (Å²) < 4.78 is 22.9.